The van der Waals surface area contributed by atoms with Gasteiger partial charge in [0.15, 0.2) is 0 Å². The minimum Gasteiger partial charge on any atom is -0.393 e. The molecule has 1 fully saturated rings. The molecule has 94 valence electrons. The Morgan fingerprint density at radius 3 is 2.38 bits per heavy atom. The van der Waals surface area contributed by atoms with Crippen molar-refractivity contribution >= 4 is 0 Å². The van der Waals surface area contributed by atoms with Crippen LogP contribution >= 0.6 is 0 Å². The summed E-state index contributed by atoms with van der Waals surface area (Å²) in [4.78, 5) is 0. The normalized spacial score (nSPS) is 41.2. The molecule has 0 heterocycles. The van der Waals surface area contributed by atoms with E-state index in [2.05, 4.69) is 0 Å². The lowest BCUT2D eigenvalue weighted by atomic mass is 9.60. The summed E-state index contributed by atoms with van der Waals surface area (Å²) in [5, 5.41) is 29.7. The minimum absolute atomic E-state index is 0.0127. The monoisotopic (exact) mass is 228 g/mol. The van der Waals surface area contributed by atoms with E-state index in [0.29, 0.717) is 12.8 Å². The van der Waals surface area contributed by atoms with Crippen molar-refractivity contribution in [1.82, 2.24) is 0 Å². The second-order valence-electron chi connectivity index (χ2n) is 5.80. The van der Waals surface area contributed by atoms with E-state index >= 15 is 0 Å². The summed E-state index contributed by atoms with van der Waals surface area (Å²) in [6.07, 6.45) is 3.61. The molecule has 4 atom stereocenters. The van der Waals surface area contributed by atoms with Crippen LogP contribution in [0.5, 0.6) is 0 Å². The lowest BCUT2D eigenvalue weighted by Gasteiger charge is -2.50. The molecule has 1 saturated carbocycles. The average molecular weight is 228 g/mol. The van der Waals surface area contributed by atoms with Crippen molar-refractivity contribution in [2.24, 2.45) is 11.3 Å². The fraction of sp³-hybridized carbons (Fsp3) is 0.846. The van der Waals surface area contributed by atoms with Crippen LogP contribution < -0.4 is 0 Å². The molecular formula is C13H24O3. The van der Waals surface area contributed by atoms with Gasteiger partial charge in [-0.15, -0.1) is 0 Å². The summed E-state index contributed by atoms with van der Waals surface area (Å²) >= 11 is 0. The highest BCUT2D eigenvalue weighted by Gasteiger charge is 2.50. The minimum atomic E-state index is -0.955. The summed E-state index contributed by atoms with van der Waals surface area (Å²) in [7, 11) is 0. The first-order valence-corrected chi connectivity index (χ1v) is 5.97. The number of hydrogen-bond donors (Lipinski definition) is 3. The molecule has 0 aromatic heterocycles. The Kier molecular flexibility index (Phi) is 3.83. The predicted octanol–water partition coefficient (Wildman–Crippen LogP) is 1.47. The second-order valence-corrected chi connectivity index (χ2v) is 5.80. The molecule has 1 aliphatic carbocycles. The van der Waals surface area contributed by atoms with Gasteiger partial charge in [0, 0.05) is 0 Å². The summed E-state index contributed by atoms with van der Waals surface area (Å²) in [6, 6.07) is 0. The number of rotatable bonds is 2. The van der Waals surface area contributed by atoms with Crippen LogP contribution in [0, 0.1) is 11.3 Å². The van der Waals surface area contributed by atoms with Crippen molar-refractivity contribution in [3.05, 3.63) is 12.2 Å². The quantitative estimate of drug-likeness (QED) is 0.627. The number of aliphatic hydroxyl groups is 3. The van der Waals surface area contributed by atoms with Crippen molar-refractivity contribution in [3.8, 4) is 0 Å². The Hall–Kier alpha value is -0.380. The van der Waals surface area contributed by atoms with Crippen LogP contribution in [0.15, 0.2) is 12.2 Å². The van der Waals surface area contributed by atoms with E-state index < -0.39 is 11.7 Å². The van der Waals surface area contributed by atoms with Crippen LogP contribution in [0.1, 0.15) is 40.5 Å². The maximum Gasteiger partial charge on any atom is 0.0906 e. The Balaban J connectivity index is 2.98. The van der Waals surface area contributed by atoms with Crippen LogP contribution in [0.25, 0.3) is 0 Å². The Bertz CT molecular complexity index is 270. The SMILES string of the molecule is CC(O)C=CC1(O)C(C)CC(O)CC1(C)C. The van der Waals surface area contributed by atoms with Gasteiger partial charge in [0.05, 0.1) is 17.8 Å². The third-order valence-corrected chi connectivity index (χ3v) is 3.84. The molecule has 0 radical (unpaired) electrons. The van der Waals surface area contributed by atoms with E-state index in [-0.39, 0.29) is 17.4 Å². The fourth-order valence-electron chi connectivity index (χ4n) is 2.77. The third kappa shape index (κ3) is 2.47. The molecule has 3 heteroatoms. The Morgan fingerprint density at radius 2 is 1.94 bits per heavy atom. The number of hydrogen-bond acceptors (Lipinski definition) is 3. The Labute approximate surface area is 97.8 Å². The maximum absolute atomic E-state index is 10.7. The van der Waals surface area contributed by atoms with Gasteiger partial charge in [0.1, 0.15) is 0 Å². The van der Waals surface area contributed by atoms with Crippen LogP contribution in [0.4, 0.5) is 0 Å². The molecule has 0 aromatic rings. The highest BCUT2D eigenvalue weighted by molar-refractivity contribution is 5.14. The van der Waals surface area contributed by atoms with Gasteiger partial charge in [-0.3, -0.25) is 0 Å². The number of aliphatic hydroxyl groups excluding tert-OH is 2. The van der Waals surface area contributed by atoms with Gasteiger partial charge in [0.25, 0.3) is 0 Å². The zero-order valence-corrected chi connectivity index (χ0v) is 10.6. The lowest BCUT2D eigenvalue weighted by molar-refractivity contribution is -0.127. The summed E-state index contributed by atoms with van der Waals surface area (Å²) in [5.41, 5.74) is -1.33. The first-order chi connectivity index (χ1) is 7.19. The largest absolute Gasteiger partial charge is 0.393 e. The molecule has 1 aliphatic rings. The van der Waals surface area contributed by atoms with Crippen LogP contribution in [0.3, 0.4) is 0 Å². The highest BCUT2D eigenvalue weighted by Crippen LogP contribution is 2.47. The van der Waals surface area contributed by atoms with Gasteiger partial charge in [-0.2, -0.15) is 0 Å². The smallest absolute Gasteiger partial charge is 0.0906 e. The van der Waals surface area contributed by atoms with E-state index in [0.717, 1.165) is 0 Å². The first-order valence-electron chi connectivity index (χ1n) is 5.97. The molecule has 1 rings (SSSR count). The predicted molar refractivity (Wildman–Crippen MR) is 64.0 cm³/mol. The molecule has 0 aliphatic heterocycles. The van der Waals surface area contributed by atoms with Crippen molar-refractivity contribution in [1.29, 1.82) is 0 Å². The molecule has 0 spiro atoms. The summed E-state index contributed by atoms with van der Waals surface area (Å²) in [5.74, 6) is -0.0127. The third-order valence-electron chi connectivity index (χ3n) is 3.84. The molecule has 0 bridgehead atoms. The maximum atomic E-state index is 10.7. The first kappa shape index (κ1) is 13.7. The van der Waals surface area contributed by atoms with Crippen molar-refractivity contribution in [3.63, 3.8) is 0 Å². The van der Waals surface area contributed by atoms with Crippen molar-refractivity contribution in [2.45, 2.75) is 58.3 Å². The van der Waals surface area contributed by atoms with Crippen LogP contribution in [-0.2, 0) is 0 Å². The highest BCUT2D eigenvalue weighted by atomic mass is 16.3. The van der Waals surface area contributed by atoms with Gasteiger partial charge in [-0.1, -0.05) is 32.9 Å². The van der Waals surface area contributed by atoms with Gasteiger partial charge < -0.3 is 15.3 Å². The standard InChI is InChI=1S/C13H24O3/c1-9-7-11(15)8-12(3,4)13(9,16)6-5-10(2)14/h5-6,9-11,14-16H,7-8H2,1-4H3. The van der Waals surface area contributed by atoms with E-state index in [1.54, 1.807) is 19.1 Å². The van der Waals surface area contributed by atoms with E-state index in [1.807, 2.05) is 20.8 Å². The van der Waals surface area contributed by atoms with E-state index in [4.69, 9.17) is 0 Å². The zero-order valence-electron chi connectivity index (χ0n) is 10.6. The van der Waals surface area contributed by atoms with E-state index in [9.17, 15) is 15.3 Å². The molecule has 3 N–H and O–H groups in total. The lowest BCUT2D eigenvalue weighted by Crippen LogP contribution is -2.54. The van der Waals surface area contributed by atoms with Gasteiger partial charge in [-0.25, -0.2) is 0 Å². The zero-order chi connectivity index (χ0) is 12.6. The average Bonchev–Trinajstić information content (AvgIpc) is 2.10. The summed E-state index contributed by atoms with van der Waals surface area (Å²) in [6.45, 7) is 7.52. The summed E-state index contributed by atoms with van der Waals surface area (Å²) < 4.78 is 0. The van der Waals surface area contributed by atoms with Crippen molar-refractivity contribution < 1.29 is 15.3 Å². The van der Waals surface area contributed by atoms with Gasteiger partial charge >= 0.3 is 0 Å². The molecule has 0 aromatic carbocycles. The topological polar surface area (TPSA) is 60.7 Å². The molecule has 4 unspecified atom stereocenters. The molecule has 16 heavy (non-hydrogen) atoms. The van der Waals surface area contributed by atoms with Crippen molar-refractivity contribution in [2.75, 3.05) is 0 Å². The van der Waals surface area contributed by atoms with Crippen LogP contribution in [0.2, 0.25) is 0 Å². The molecule has 3 nitrogen and oxygen atoms in total. The van der Waals surface area contributed by atoms with Crippen LogP contribution in [-0.4, -0.2) is 33.1 Å². The van der Waals surface area contributed by atoms with Gasteiger partial charge in [0.2, 0.25) is 0 Å². The molecule has 0 saturated heterocycles. The molecular weight excluding hydrogens is 204 g/mol. The Morgan fingerprint density at radius 1 is 1.38 bits per heavy atom. The second kappa shape index (κ2) is 4.47. The molecule has 0 amide bonds. The van der Waals surface area contributed by atoms with Gasteiger partial charge in [-0.05, 0) is 31.1 Å². The fourth-order valence-corrected chi connectivity index (χ4v) is 2.77. The van der Waals surface area contributed by atoms with E-state index in [1.165, 1.54) is 0 Å².